The fourth-order valence-electron chi connectivity index (χ4n) is 2.84. The van der Waals surface area contributed by atoms with Gasteiger partial charge in [-0.2, -0.15) is 0 Å². The summed E-state index contributed by atoms with van der Waals surface area (Å²) in [5, 5.41) is 0. The summed E-state index contributed by atoms with van der Waals surface area (Å²) >= 11 is 0. The van der Waals surface area contributed by atoms with Crippen LogP contribution in [0, 0.1) is 5.92 Å². The second-order valence-corrected chi connectivity index (χ2v) is 5.18. The molecule has 2 fully saturated rings. The molecule has 2 atom stereocenters. The minimum atomic E-state index is 0.186. The fourth-order valence-corrected chi connectivity index (χ4v) is 2.84. The molecule has 0 aromatic rings. The van der Waals surface area contributed by atoms with Crippen molar-refractivity contribution in [1.29, 1.82) is 0 Å². The van der Waals surface area contributed by atoms with E-state index in [1.807, 2.05) is 0 Å². The van der Waals surface area contributed by atoms with Crippen LogP contribution >= 0.6 is 0 Å². The molecular weight excluding hydrogens is 202 g/mol. The summed E-state index contributed by atoms with van der Waals surface area (Å²) in [5.74, 6) is 1.27. The third-order valence-electron chi connectivity index (χ3n) is 4.05. The zero-order chi connectivity index (χ0) is 11.5. The molecule has 92 valence electrons. The molecule has 0 spiro atoms. The van der Waals surface area contributed by atoms with Gasteiger partial charge in [0.05, 0.1) is 12.6 Å². The second kappa shape index (κ2) is 5.28. The van der Waals surface area contributed by atoms with Crippen molar-refractivity contribution in [2.45, 2.75) is 51.1 Å². The van der Waals surface area contributed by atoms with Crippen molar-refractivity contribution in [3.8, 4) is 0 Å². The molecule has 0 amide bonds. The Morgan fingerprint density at radius 3 is 2.69 bits per heavy atom. The Bertz CT molecular complexity index is 250. The third-order valence-corrected chi connectivity index (χ3v) is 4.05. The van der Waals surface area contributed by atoms with Crippen LogP contribution < -0.4 is 0 Å². The summed E-state index contributed by atoms with van der Waals surface area (Å²) in [7, 11) is 1.73. The minimum absolute atomic E-state index is 0.186. The lowest BCUT2D eigenvalue weighted by atomic mass is 10.1. The molecule has 2 aliphatic carbocycles. The summed E-state index contributed by atoms with van der Waals surface area (Å²) in [5.41, 5.74) is 0. The number of nitrogens with zero attached hydrogens (tertiary/aromatic N) is 1. The van der Waals surface area contributed by atoms with Crippen molar-refractivity contribution >= 4 is 5.78 Å². The van der Waals surface area contributed by atoms with E-state index < -0.39 is 0 Å². The molecule has 0 aromatic heterocycles. The van der Waals surface area contributed by atoms with Crippen molar-refractivity contribution in [3.63, 3.8) is 0 Å². The SMILES string of the molecule is COCCN(C1CCCC1=O)C(C)C1CC1. The highest BCUT2D eigenvalue weighted by Crippen LogP contribution is 2.37. The standard InChI is InChI=1S/C13H23NO2/c1-10(11-6-7-11)14(8-9-16-2)12-4-3-5-13(12)15/h10-12H,3-9H2,1-2H3. The normalized spacial score (nSPS) is 27.7. The number of carbonyl (C=O) groups is 1. The molecule has 2 rings (SSSR count). The maximum atomic E-state index is 11.8. The molecular formula is C13H23NO2. The van der Waals surface area contributed by atoms with Crippen molar-refractivity contribution < 1.29 is 9.53 Å². The topological polar surface area (TPSA) is 29.5 Å². The van der Waals surface area contributed by atoms with E-state index in [1.165, 1.54) is 12.8 Å². The summed E-state index contributed by atoms with van der Waals surface area (Å²) < 4.78 is 5.16. The minimum Gasteiger partial charge on any atom is -0.383 e. The lowest BCUT2D eigenvalue weighted by Crippen LogP contribution is -2.46. The number of ether oxygens (including phenoxy) is 1. The first-order valence-electron chi connectivity index (χ1n) is 6.51. The number of Topliss-reactive ketones (excluding diaryl/α,β-unsaturated/α-hetero) is 1. The number of carbonyl (C=O) groups excluding carboxylic acids is 1. The third kappa shape index (κ3) is 2.64. The summed E-state index contributed by atoms with van der Waals surface area (Å²) in [6, 6.07) is 0.743. The smallest absolute Gasteiger partial charge is 0.149 e. The van der Waals surface area contributed by atoms with Gasteiger partial charge in [-0.3, -0.25) is 9.69 Å². The van der Waals surface area contributed by atoms with E-state index in [1.54, 1.807) is 7.11 Å². The Morgan fingerprint density at radius 1 is 1.44 bits per heavy atom. The first kappa shape index (κ1) is 12.1. The lowest BCUT2D eigenvalue weighted by molar-refractivity contribution is -0.123. The van der Waals surface area contributed by atoms with Crippen LogP contribution in [0.1, 0.15) is 39.0 Å². The average molecular weight is 225 g/mol. The van der Waals surface area contributed by atoms with Gasteiger partial charge in [0.1, 0.15) is 5.78 Å². The van der Waals surface area contributed by atoms with Gasteiger partial charge in [0.2, 0.25) is 0 Å². The Hall–Kier alpha value is -0.410. The van der Waals surface area contributed by atoms with Crippen LogP contribution in [-0.4, -0.2) is 43.0 Å². The molecule has 0 saturated heterocycles. The summed E-state index contributed by atoms with van der Waals surface area (Å²) in [6.07, 6.45) is 5.59. The maximum Gasteiger partial charge on any atom is 0.149 e. The van der Waals surface area contributed by atoms with Crippen molar-refractivity contribution in [1.82, 2.24) is 4.90 Å². The largest absolute Gasteiger partial charge is 0.383 e. The van der Waals surface area contributed by atoms with Crippen molar-refractivity contribution in [2.75, 3.05) is 20.3 Å². The zero-order valence-corrected chi connectivity index (χ0v) is 10.4. The van der Waals surface area contributed by atoms with E-state index in [0.717, 1.165) is 38.3 Å². The van der Waals surface area contributed by atoms with E-state index in [9.17, 15) is 4.79 Å². The monoisotopic (exact) mass is 225 g/mol. The molecule has 0 heterocycles. The summed E-state index contributed by atoms with van der Waals surface area (Å²) in [6.45, 7) is 3.92. The predicted molar refractivity (Wildman–Crippen MR) is 63.4 cm³/mol. The second-order valence-electron chi connectivity index (χ2n) is 5.18. The van der Waals surface area contributed by atoms with Gasteiger partial charge in [0.25, 0.3) is 0 Å². The molecule has 2 aliphatic rings. The molecule has 0 radical (unpaired) electrons. The Labute approximate surface area is 98.1 Å². The van der Waals surface area contributed by atoms with E-state index in [0.29, 0.717) is 11.8 Å². The van der Waals surface area contributed by atoms with Gasteiger partial charge in [-0.15, -0.1) is 0 Å². The maximum absolute atomic E-state index is 11.8. The van der Waals surface area contributed by atoms with E-state index in [2.05, 4.69) is 11.8 Å². The number of hydrogen-bond acceptors (Lipinski definition) is 3. The fraction of sp³-hybridized carbons (Fsp3) is 0.923. The molecule has 16 heavy (non-hydrogen) atoms. The number of ketones is 1. The highest BCUT2D eigenvalue weighted by molar-refractivity contribution is 5.85. The molecule has 3 heteroatoms. The Kier molecular flexibility index (Phi) is 3.98. The quantitative estimate of drug-likeness (QED) is 0.691. The zero-order valence-electron chi connectivity index (χ0n) is 10.4. The van der Waals surface area contributed by atoms with Gasteiger partial charge in [-0.05, 0) is 38.5 Å². The Morgan fingerprint density at radius 2 is 2.19 bits per heavy atom. The van der Waals surface area contributed by atoms with Crippen LogP contribution in [-0.2, 0) is 9.53 Å². The predicted octanol–water partition coefficient (Wildman–Crippen LogP) is 1.85. The van der Waals surface area contributed by atoms with Crippen LogP contribution in [0.5, 0.6) is 0 Å². The van der Waals surface area contributed by atoms with Crippen LogP contribution in [0.25, 0.3) is 0 Å². The van der Waals surface area contributed by atoms with Crippen LogP contribution in [0.3, 0.4) is 0 Å². The summed E-state index contributed by atoms with van der Waals surface area (Å²) in [4.78, 5) is 14.2. The van der Waals surface area contributed by atoms with Crippen LogP contribution in [0.2, 0.25) is 0 Å². The molecule has 0 N–H and O–H groups in total. The highest BCUT2D eigenvalue weighted by Gasteiger charge is 2.38. The Balaban J connectivity index is 1.97. The highest BCUT2D eigenvalue weighted by atomic mass is 16.5. The van der Waals surface area contributed by atoms with Crippen LogP contribution in [0.15, 0.2) is 0 Å². The lowest BCUT2D eigenvalue weighted by Gasteiger charge is -2.33. The van der Waals surface area contributed by atoms with Gasteiger partial charge in [0, 0.05) is 26.1 Å². The van der Waals surface area contributed by atoms with Crippen molar-refractivity contribution in [2.24, 2.45) is 5.92 Å². The average Bonchev–Trinajstić information content (AvgIpc) is 3.04. The van der Waals surface area contributed by atoms with Gasteiger partial charge in [0.15, 0.2) is 0 Å². The van der Waals surface area contributed by atoms with E-state index in [4.69, 9.17) is 4.74 Å². The molecule has 0 bridgehead atoms. The van der Waals surface area contributed by atoms with Gasteiger partial charge in [-0.25, -0.2) is 0 Å². The molecule has 2 unspecified atom stereocenters. The first-order chi connectivity index (χ1) is 7.74. The number of hydrogen-bond donors (Lipinski definition) is 0. The van der Waals surface area contributed by atoms with Gasteiger partial charge in [-0.1, -0.05) is 0 Å². The van der Waals surface area contributed by atoms with Crippen molar-refractivity contribution in [3.05, 3.63) is 0 Å². The van der Waals surface area contributed by atoms with Crippen LogP contribution in [0.4, 0.5) is 0 Å². The molecule has 2 saturated carbocycles. The molecule has 0 aliphatic heterocycles. The van der Waals surface area contributed by atoms with Gasteiger partial charge >= 0.3 is 0 Å². The number of rotatable bonds is 6. The number of methoxy groups -OCH3 is 1. The van der Waals surface area contributed by atoms with E-state index >= 15 is 0 Å². The first-order valence-corrected chi connectivity index (χ1v) is 6.51. The molecule has 0 aromatic carbocycles. The van der Waals surface area contributed by atoms with Gasteiger partial charge < -0.3 is 4.74 Å². The van der Waals surface area contributed by atoms with E-state index in [-0.39, 0.29) is 6.04 Å². The molecule has 3 nitrogen and oxygen atoms in total.